The number of amides is 2. The number of nitrogens with zero attached hydrogens (tertiary/aromatic N) is 1. The van der Waals surface area contributed by atoms with Crippen LogP contribution in [0.4, 0.5) is 5.69 Å². The van der Waals surface area contributed by atoms with Crippen molar-refractivity contribution in [2.75, 3.05) is 32.1 Å². The second-order valence-corrected chi connectivity index (χ2v) is 3.79. The molecular weight excluding hydrogens is 248 g/mol. The molecule has 2 N–H and O–H groups in total. The highest BCUT2D eigenvalue weighted by Gasteiger charge is 2.20. The Kier molecular flexibility index (Phi) is 5.81. The van der Waals surface area contributed by atoms with Gasteiger partial charge in [0.25, 0.3) is 0 Å². The summed E-state index contributed by atoms with van der Waals surface area (Å²) in [5.74, 6) is -0.809. The first-order valence-electron chi connectivity index (χ1n) is 5.97. The Bertz CT molecular complexity index is 448. The van der Waals surface area contributed by atoms with Gasteiger partial charge in [0.05, 0.1) is 13.7 Å². The van der Waals surface area contributed by atoms with Gasteiger partial charge < -0.3 is 20.1 Å². The van der Waals surface area contributed by atoms with E-state index in [0.29, 0.717) is 18.0 Å². The van der Waals surface area contributed by atoms with Crippen LogP contribution in [-0.2, 0) is 9.59 Å². The zero-order valence-electron chi connectivity index (χ0n) is 11.0. The van der Waals surface area contributed by atoms with E-state index >= 15 is 0 Å². The topological polar surface area (TPSA) is 78.9 Å². The standard InChI is InChI=1S/C13H18N2O4/c1-3-15(7-8-16)13(18)12(17)14-10-5-4-6-11(9-10)19-2/h4-6,9,16H,3,7-8H2,1-2H3,(H,14,17). The lowest BCUT2D eigenvalue weighted by Gasteiger charge is -2.18. The van der Waals surface area contributed by atoms with E-state index in [9.17, 15) is 9.59 Å². The average Bonchev–Trinajstić information content (AvgIpc) is 2.44. The minimum Gasteiger partial charge on any atom is -0.497 e. The molecule has 104 valence electrons. The Morgan fingerprint density at radius 1 is 1.42 bits per heavy atom. The number of aliphatic hydroxyl groups excluding tert-OH is 1. The Labute approximate surface area is 112 Å². The fourth-order valence-electron chi connectivity index (χ4n) is 1.55. The summed E-state index contributed by atoms with van der Waals surface area (Å²) in [6, 6.07) is 6.73. The molecule has 1 aromatic carbocycles. The molecule has 0 heterocycles. The van der Waals surface area contributed by atoms with Crippen LogP contribution in [-0.4, -0.2) is 48.6 Å². The van der Waals surface area contributed by atoms with Gasteiger partial charge in [0, 0.05) is 24.8 Å². The zero-order chi connectivity index (χ0) is 14.3. The Morgan fingerprint density at radius 2 is 2.16 bits per heavy atom. The lowest BCUT2D eigenvalue weighted by molar-refractivity contribution is -0.143. The smallest absolute Gasteiger partial charge is 0.313 e. The molecule has 0 atom stereocenters. The molecular formula is C13H18N2O4. The highest BCUT2D eigenvalue weighted by molar-refractivity contribution is 6.39. The molecule has 0 spiro atoms. The number of methoxy groups -OCH3 is 1. The summed E-state index contributed by atoms with van der Waals surface area (Å²) in [6.07, 6.45) is 0. The van der Waals surface area contributed by atoms with Crippen LogP contribution in [0.3, 0.4) is 0 Å². The third kappa shape index (κ3) is 4.26. The van der Waals surface area contributed by atoms with E-state index in [4.69, 9.17) is 9.84 Å². The first-order chi connectivity index (χ1) is 9.12. The molecule has 6 heteroatoms. The maximum Gasteiger partial charge on any atom is 0.313 e. The molecule has 0 unspecified atom stereocenters. The van der Waals surface area contributed by atoms with Crippen LogP contribution in [0.25, 0.3) is 0 Å². The largest absolute Gasteiger partial charge is 0.497 e. The highest BCUT2D eigenvalue weighted by Crippen LogP contribution is 2.16. The van der Waals surface area contributed by atoms with Gasteiger partial charge in [-0.3, -0.25) is 9.59 Å². The molecule has 0 aliphatic rings. The van der Waals surface area contributed by atoms with Gasteiger partial charge in [0.2, 0.25) is 0 Å². The highest BCUT2D eigenvalue weighted by atomic mass is 16.5. The Hall–Kier alpha value is -2.08. The minimum atomic E-state index is -0.733. The maximum atomic E-state index is 11.8. The number of carbonyl (C=O) groups excluding carboxylic acids is 2. The van der Waals surface area contributed by atoms with E-state index < -0.39 is 11.8 Å². The van der Waals surface area contributed by atoms with Gasteiger partial charge in [-0.05, 0) is 19.1 Å². The monoisotopic (exact) mass is 266 g/mol. The van der Waals surface area contributed by atoms with Crippen LogP contribution < -0.4 is 10.1 Å². The summed E-state index contributed by atoms with van der Waals surface area (Å²) in [5, 5.41) is 11.3. The lowest BCUT2D eigenvalue weighted by atomic mass is 10.3. The van der Waals surface area contributed by atoms with E-state index in [-0.39, 0.29) is 13.2 Å². The summed E-state index contributed by atoms with van der Waals surface area (Å²) in [6.45, 7) is 2.07. The van der Waals surface area contributed by atoms with E-state index in [0.717, 1.165) is 0 Å². The summed E-state index contributed by atoms with van der Waals surface area (Å²) < 4.78 is 5.02. The SMILES string of the molecule is CCN(CCO)C(=O)C(=O)Nc1cccc(OC)c1. The van der Waals surface area contributed by atoms with Crippen molar-refractivity contribution in [3.05, 3.63) is 24.3 Å². The molecule has 0 aromatic heterocycles. The van der Waals surface area contributed by atoms with Crippen LogP contribution in [0.1, 0.15) is 6.92 Å². The summed E-state index contributed by atoms with van der Waals surface area (Å²) in [7, 11) is 1.52. The van der Waals surface area contributed by atoms with Crippen LogP contribution in [0.2, 0.25) is 0 Å². The van der Waals surface area contributed by atoms with E-state index in [2.05, 4.69) is 5.32 Å². The molecule has 0 saturated carbocycles. The molecule has 2 amide bonds. The summed E-state index contributed by atoms with van der Waals surface area (Å²) >= 11 is 0. The predicted molar refractivity (Wildman–Crippen MR) is 71.0 cm³/mol. The van der Waals surface area contributed by atoms with Crippen LogP contribution in [0.5, 0.6) is 5.75 Å². The molecule has 0 radical (unpaired) electrons. The average molecular weight is 266 g/mol. The number of likely N-dealkylation sites (N-methyl/N-ethyl adjacent to an activating group) is 1. The fraction of sp³-hybridized carbons (Fsp3) is 0.385. The number of benzene rings is 1. The number of rotatable bonds is 5. The van der Waals surface area contributed by atoms with E-state index in [1.54, 1.807) is 31.2 Å². The van der Waals surface area contributed by atoms with Crippen molar-refractivity contribution >= 4 is 17.5 Å². The number of nitrogens with one attached hydrogen (secondary N) is 1. The van der Waals surface area contributed by atoms with Gasteiger partial charge in [-0.15, -0.1) is 0 Å². The second-order valence-electron chi connectivity index (χ2n) is 3.79. The number of anilines is 1. The van der Waals surface area contributed by atoms with Gasteiger partial charge in [-0.1, -0.05) is 6.07 Å². The van der Waals surface area contributed by atoms with Crippen molar-refractivity contribution in [2.24, 2.45) is 0 Å². The van der Waals surface area contributed by atoms with Crippen LogP contribution in [0.15, 0.2) is 24.3 Å². The molecule has 1 aromatic rings. The third-order valence-corrected chi connectivity index (χ3v) is 2.56. The summed E-state index contributed by atoms with van der Waals surface area (Å²) in [4.78, 5) is 24.8. The number of hydrogen-bond donors (Lipinski definition) is 2. The molecule has 6 nitrogen and oxygen atoms in total. The zero-order valence-corrected chi connectivity index (χ0v) is 11.0. The third-order valence-electron chi connectivity index (χ3n) is 2.56. The summed E-state index contributed by atoms with van der Waals surface area (Å²) in [5.41, 5.74) is 0.484. The first-order valence-corrected chi connectivity index (χ1v) is 5.97. The number of aliphatic hydroxyl groups is 1. The molecule has 0 fully saturated rings. The van der Waals surface area contributed by atoms with Crippen LogP contribution in [0, 0.1) is 0 Å². The fourth-order valence-corrected chi connectivity index (χ4v) is 1.55. The van der Waals surface area contributed by atoms with Crippen molar-refractivity contribution in [1.29, 1.82) is 0 Å². The second kappa shape index (κ2) is 7.38. The predicted octanol–water partition coefficient (Wildman–Crippen LogP) is 0.474. The van der Waals surface area contributed by atoms with E-state index in [1.807, 2.05) is 0 Å². The first kappa shape index (κ1) is 15.0. The molecule has 0 bridgehead atoms. The maximum absolute atomic E-state index is 11.8. The van der Waals surface area contributed by atoms with Crippen molar-refractivity contribution in [1.82, 2.24) is 4.90 Å². The van der Waals surface area contributed by atoms with Crippen LogP contribution >= 0.6 is 0 Å². The van der Waals surface area contributed by atoms with Gasteiger partial charge in [0.15, 0.2) is 0 Å². The van der Waals surface area contributed by atoms with Gasteiger partial charge in [-0.2, -0.15) is 0 Å². The molecule has 19 heavy (non-hydrogen) atoms. The van der Waals surface area contributed by atoms with Gasteiger partial charge >= 0.3 is 11.8 Å². The van der Waals surface area contributed by atoms with Crippen molar-refractivity contribution in [3.8, 4) is 5.75 Å². The van der Waals surface area contributed by atoms with Crippen molar-refractivity contribution < 1.29 is 19.4 Å². The van der Waals surface area contributed by atoms with Gasteiger partial charge in [-0.25, -0.2) is 0 Å². The quantitative estimate of drug-likeness (QED) is 0.760. The Balaban J connectivity index is 2.70. The molecule has 0 saturated heterocycles. The normalized spacial score (nSPS) is 9.84. The van der Waals surface area contributed by atoms with Crippen molar-refractivity contribution in [3.63, 3.8) is 0 Å². The Morgan fingerprint density at radius 3 is 2.74 bits per heavy atom. The van der Waals surface area contributed by atoms with Crippen molar-refractivity contribution in [2.45, 2.75) is 6.92 Å². The molecule has 0 aliphatic heterocycles. The lowest BCUT2D eigenvalue weighted by Crippen LogP contribution is -2.41. The van der Waals surface area contributed by atoms with Gasteiger partial charge in [0.1, 0.15) is 5.75 Å². The molecule has 0 aliphatic carbocycles. The number of hydrogen-bond acceptors (Lipinski definition) is 4. The minimum absolute atomic E-state index is 0.140. The molecule has 1 rings (SSSR count). The van der Waals surface area contributed by atoms with E-state index in [1.165, 1.54) is 12.0 Å². The number of ether oxygens (including phenoxy) is 1. The number of carbonyl (C=O) groups is 2.